The minimum absolute atomic E-state index is 0.0259. The fourth-order valence-corrected chi connectivity index (χ4v) is 2.68. The summed E-state index contributed by atoms with van der Waals surface area (Å²) in [5, 5.41) is 9.55. The highest BCUT2D eigenvalue weighted by Gasteiger charge is 2.12. The molecule has 0 aliphatic heterocycles. The predicted molar refractivity (Wildman–Crippen MR) is 84.1 cm³/mol. The van der Waals surface area contributed by atoms with Crippen molar-refractivity contribution in [3.63, 3.8) is 0 Å². The Hall–Kier alpha value is -2.61. The minimum atomic E-state index is -0.984. The molecule has 0 saturated carbocycles. The molecule has 2 heterocycles. The molecule has 0 unspecified atom stereocenters. The lowest BCUT2D eigenvalue weighted by molar-refractivity contribution is -0.137. The van der Waals surface area contributed by atoms with E-state index in [-0.39, 0.29) is 23.3 Å². The van der Waals surface area contributed by atoms with E-state index >= 15 is 0 Å². The molecule has 0 atom stereocenters. The Kier molecular flexibility index (Phi) is 3.45. The maximum Gasteiger partial charge on any atom is 0.305 e. The van der Waals surface area contributed by atoms with Crippen LogP contribution >= 0.6 is 12.2 Å². The van der Waals surface area contributed by atoms with Crippen LogP contribution < -0.4 is 10.3 Å². The van der Waals surface area contributed by atoms with E-state index in [1.807, 2.05) is 6.07 Å². The van der Waals surface area contributed by atoms with Crippen molar-refractivity contribution in [1.29, 1.82) is 0 Å². The number of aliphatic carboxylic acids is 1. The van der Waals surface area contributed by atoms with E-state index in [0.717, 1.165) is 10.9 Å². The van der Waals surface area contributed by atoms with Crippen LogP contribution in [-0.4, -0.2) is 32.7 Å². The number of fused-ring (bicyclic) bond motifs is 3. The monoisotopic (exact) mass is 319 g/mol. The summed E-state index contributed by atoms with van der Waals surface area (Å²) in [6, 6.07) is 5.40. The first-order valence-electron chi connectivity index (χ1n) is 6.55. The molecule has 7 nitrogen and oxygen atoms in total. The summed E-state index contributed by atoms with van der Waals surface area (Å²) in [6.07, 6.45) is -0.170. The van der Waals surface area contributed by atoms with Crippen LogP contribution in [-0.2, 0) is 11.3 Å². The largest absolute Gasteiger partial charge is 0.497 e. The highest BCUT2D eigenvalue weighted by Crippen LogP contribution is 2.25. The Morgan fingerprint density at radius 2 is 2.14 bits per heavy atom. The maximum atomic E-state index is 12.5. The van der Waals surface area contributed by atoms with E-state index in [0.29, 0.717) is 16.8 Å². The zero-order valence-corrected chi connectivity index (χ0v) is 12.5. The molecular formula is C14H13N3O4S. The molecule has 3 aromatic rings. The van der Waals surface area contributed by atoms with Crippen molar-refractivity contribution in [3.05, 3.63) is 33.3 Å². The Labute approximate surface area is 129 Å². The quantitative estimate of drug-likeness (QED) is 0.639. The number of H-pyrrole nitrogens is 2. The van der Waals surface area contributed by atoms with Crippen molar-refractivity contribution < 1.29 is 14.6 Å². The fraction of sp³-hybridized carbons (Fsp3) is 0.214. The van der Waals surface area contributed by atoms with Gasteiger partial charge in [0.2, 0.25) is 0 Å². The molecule has 0 radical (unpaired) electrons. The van der Waals surface area contributed by atoms with Gasteiger partial charge in [-0.15, -0.1) is 0 Å². The minimum Gasteiger partial charge on any atom is -0.497 e. The summed E-state index contributed by atoms with van der Waals surface area (Å²) in [6.45, 7) is 0.0259. The number of nitrogens with one attached hydrogen (secondary N) is 2. The molecule has 22 heavy (non-hydrogen) atoms. The Bertz CT molecular complexity index is 999. The number of carbonyl (C=O) groups is 1. The second-order valence-corrected chi connectivity index (χ2v) is 5.20. The van der Waals surface area contributed by atoms with E-state index < -0.39 is 5.97 Å². The number of aromatic amines is 2. The number of benzene rings is 1. The average Bonchev–Trinajstić information content (AvgIpc) is 2.84. The second-order valence-electron chi connectivity index (χ2n) is 4.82. The van der Waals surface area contributed by atoms with Gasteiger partial charge in [0, 0.05) is 17.4 Å². The summed E-state index contributed by atoms with van der Waals surface area (Å²) in [7, 11) is 1.57. The summed E-state index contributed by atoms with van der Waals surface area (Å²) in [4.78, 5) is 29.2. The van der Waals surface area contributed by atoms with Gasteiger partial charge in [0.15, 0.2) is 4.77 Å². The van der Waals surface area contributed by atoms with E-state index in [9.17, 15) is 9.59 Å². The third kappa shape index (κ3) is 2.27. The van der Waals surface area contributed by atoms with E-state index in [2.05, 4.69) is 9.97 Å². The molecule has 114 valence electrons. The first-order chi connectivity index (χ1) is 10.5. The van der Waals surface area contributed by atoms with Crippen molar-refractivity contribution in [3.8, 4) is 5.75 Å². The van der Waals surface area contributed by atoms with Crippen molar-refractivity contribution in [2.45, 2.75) is 13.0 Å². The number of methoxy groups -OCH3 is 1. The molecule has 2 aromatic heterocycles. The van der Waals surface area contributed by atoms with Crippen molar-refractivity contribution in [1.82, 2.24) is 14.5 Å². The van der Waals surface area contributed by atoms with Crippen LogP contribution in [0.2, 0.25) is 0 Å². The van der Waals surface area contributed by atoms with E-state index in [1.54, 1.807) is 19.2 Å². The number of carboxylic acids is 1. The summed E-state index contributed by atoms with van der Waals surface area (Å²) < 4.78 is 6.63. The molecule has 3 N–H and O–H groups in total. The molecule has 0 aliphatic rings. The molecular weight excluding hydrogens is 306 g/mol. The van der Waals surface area contributed by atoms with Crippen molar-refractivity contribution in [2.75, 3.05) is 7.11 Å². The molecule has 3 rings (SSSR count). The van der Waals surface area contributed by atoms with Crippen LogP contribution in [0, 0.1) is 4.77 Å². The van der Waals surface area contributed by atoms with Gasteiger partial charge < -0.3 is 19.8 Å². The van der Waals surface area contributed by atoms with Crippen LogP contribution in [0.1, 0.15) is 6.42 Å². The zero-order valence-electron chi connectivity index (χ0n) is 11.7. The molecule has 0 aliphatic carbocycles. The van der Waals surface area contributed by atoms with Gasteiger partial charge in [0.1, 0.15) is 11.3 Å². The number of hydrogen-bond donors (Lipinski definition) is 3. The Morgan fingerprint density at radius 1 is 1.36 bits per heavy atom. The van der Waals surface area contributed by atoms with Crippen LogP contribution in [0.4, 0.5) is 0 Å². The van der Waals surface area contributed by atoms with Crippen LogP contribution in [0.3, 0.4) is 0 Å². The first-order valence-corrected chi connectivity index (χ1v) is 6.96. The van der Waals surface area contributed by atoms with E-state index in [1.165, 1.54) is 4.57 Å². The Morgan fingerprint density at radius 3 is 2.82 bits per heavy atom. The normalized spacial score (nSPS) is 11.1. The smallest absolute Gasteiger partial charge is 0.305 e. The third-order valence-electron chi connectivity index (χ3n) is 3.49. The number of hydrogen-bond acceptors (Lipinski definition) is 4. The second kappa shape index (κ2) is 5.30. The van der Waals surface area contributed by atoms with Crippen LogP contribution in [0.15, 0.2) is 23.0 Å². The highest BCUT2D eigenvalue weighted by atomic mass is 32.1. The molecule has 0 amide bonds. The lowest BCUT2D eigenvalue weighted by Gasteiger charge is -2.04. The molecule has 8 heteroatoms. The fourth-order valence-electron chi connectivity index (χ4n) is 2.40. The standard InChI is InChI=1S/C14H13N3O4S/c1-21-7-2-3-9-8(6-7)11-12(15-9)13(20)17(14(22)16-11)5-4-10(18)19/h2-3,6,15H,4-5H2,1H3,(H,16,22)(H,18,19). The van der Waals surface area contributed by atoms with Gasteiger partial charge in [-0.1, -0.05) is 0 Å². The number of aromatic nitrogens is 3. The third-order valence-corrected chi connectivity index (χ3v) is 3.81. The summed E-state index contributed by atoms with van der Waals surface area (Å²) in [5.74, 6) is -0.314. The van der Waals surface area contributed by atoms with Gasteiger partial charge in [-0.25, -0.2) is 0 Å². The molecule has 0 fully saturated rings. The molecule has 0 saturated heterocycles. The van der Waals surface area contributed by atoms with Gasteiger partial charge >= 0.3 is 5.97 Å². The highest BCUT2D eigenvalue weighted by molar-refractivity contribution is 7.71. The van der Waals surface area contributed by atoms with Gasteiger partial charge in [0.05, 0.1) is 19.0 Å². The molecule has 0 bridgehead atoms. The molecule has 1 aromatic carbocycles. The number of nitrogens with zero attached hydrogens (tertiary/aromatic N) is 1. The van der Waals surface area contributed by atoms with Gasteiger partial charge in [-0.05, 0) is 30.4 Å². The zero-order chi connectivity index (χ0) is 15.9. The average molecular weight is 319 g/mol. The lowest BCUT2D eigenvalue weighted by Crippen LogP contribution is -2.23. The number of ether oxygens (including phenoxy) is 1. The van der Waals surface area contributed by atoms with Crippen LogP contribution in [0.25, 0.3) is 21.9 Å². The first kappa shape index (κ1) is 14.3. The SMILES string of the molecule is COc1ccc2[nH]c3c(=O)n(CCC(=O)O)c(=S)[nH]c3c2c1. The lowest BCUT2D eigenvalue weighted by atomic mass is 10.2. The van der Waals surface area contributed by atoms with Gasteiger partial charge in [-0.3, -0.25) is 14.2 Å². The van der Waals surface area contributed by atoms with Crippen molar-refractivity contribution in [2.24, 2.45) is 0 Å². The van der Waals surface area contributed by atoms with Gasteiger partial charge in [-0.2, -0.15) is 0 Å². The summed E-state index contributed by atoms with van der Waals surface area (Å²) in [5.41, 5.74) is 1.39. The number of rotatable bonds is 4. The maximum absolute atomic E-state index is 12.5. The predicted octanol–water partition coefficient (Wildman–Crippen LogP) is 2.02. The molecule has 0 spiro atoms. The topological polar surface area (TPSA) is 100 Å². The Balaban J connectivity index is 2.28. The summed E-state index contributed by atoms with van der Waals surface area (Å²) >= 11 is 5.18. The van der Waals surface area contributed by atoms with Crippen molar-refractivity contribution >= 4 is 40.1 Å². The number of carboxylic acid groups (broad SMARTS) is 1. The van der Waals surface area contributed by atoms with Gasteiger partial charge in [0.25, 0.3) is 5.56 Å². The van der Waals surface area contributed by atoms with Crippen LogP contribution in [0.5, 0.6) is 5.75 Å². The van der Waals surface area contributed by atoms with E-state index in [4.69, 9.17) is 22.1 Å².